The van der Waals surface area contributed by atoms with Gasteiger partial charge in [-0.05, 0) is 25.1 Å². The first-order valence-electron chi connectivity index (χ1n) is 6.65. The van der Waals surface area contributed by atoms with Crippen LogP contribution in [0.1, 0.15) is 12.5 Å². The van der Waals surface area contributed by atoms with Crippen LogP contribution in [0.3, 0.4) is 0 Å². The van der Waals surface area contributed by atoms with Crippen LogP contribution >= 0.6 is 11.6 Å². The molecule has 1 aliphatic rings. The molecule has 1 heterocycles. The maximum Gasteiger partial charge on any atom is 0.275 e. The average molecular weight is 321 g/mol. The number of carbonyl (C=O) groups excluding carboxylic acids is 1. The zero-order valence-corrected chi connectivity index (χ0v) is 12.8. The minimum absolute atomic E-state index is 0.271. The van der Waals surface area contributed by atoms with Crippen LogP contribution in [0.5, 0.6) is 5.75 Å². The minimum atomic E-state index is -1.25. The topological polar surface area (TPSA) is 55.6 Å². The maximum absolute atomic E-state index is 13.1. The van der Waals surface area contributed by atoms with E-state index in [2.05, 4.69) is 0 Å². The van der Waals surface area contributed by atoms with Crippen molar-refractivity contribution in [1.29, 1.82) is 0 Å². The van der Waals surface area contributed by atoms with E-state index < -0.39 is 5.60 Å². The van der Waals surface area contributed by atoms with E-state index in [0.717, 1.165) is 0 Å². The zero-order chi connectivity index (χ0) is 16.1. The van der Waals surface area contributed by atoms with Gasteiger partial charge in [0.05, 0.1) is 16.4 Å². The quantitative estimate of drug-likeness (QED) is 0.820. The first-order chi connectivity index (χ1) is 10.3. The average Bonchev–Trinajstić information content (AvgIpc) is 2.48. The van der Waals surface area contributed by atoms with Gasteiger partial charge in [-0.2, -0.15) is 0 Å². The Balaban J connectivity index is 2.13. The highest BCUT2D eigenvalue weighted by atomic mass is 35.5. The maximum atomic E-state index is 13.1. The molecule has 2 aromatic carbocycles. The van der Waals surface area contributed by atoms with Gasteiger partial charge in [0, 0.05) is 18.7 Å². The fourth-order valence-electron chi connectivity index (χ4n) is 2.55. The number of amides is 1. The molecule has 0 bridgehead atoms. The van der Waals surface area contributed by atoms with Crippen LogP contribution < -0.4 is 15.4 Å². The van der Waals surface area contributed by atoms with Crippen molar-refractivity contribution in [3.8, 4) is 5.75 Å². The fourth-order valence-corrected chi connectivity index (χ4v) is 2.70. The first-order valence-corrected chi connectivity index (χ1v) is 7.03. The second-order valence-corrected chi connectivity index (χ2v) is 5.76. The van der Waals surface area contributed by atoms with Crippen LogP contribution in [0.2, 0.25) is 5.02 Å². The van der Waals surface area contributed by atoms with Gasteiger partial charge in [-0.1, -0.05) is 23.7 Å². The summed E-state index contributed by atoms with van der Waals surface area (Å²) >= 11 is 6.00. The summed E-state index contributed by atoms with van der Waals surface area (Å²) in [5, 5.41) is 0.354. The Morgan fingerprint density at radius 3 is 2.55 bits per heavy atom. The second-order valence-electron chi connectivity index (χ2n) is 5.35. The highest BCUT2D eigenvalue weighted by Crippen LogP contribution is 2.44. The van der Waals surface area contributed by atoms with Crippen LogP contribution in [-0.2, 0) is 10.4 Å². The molecule has 22 heavy (non-hydrogen) atoms. The van der Waals surface area contributed by atoms with Crippen molar-refractivity contribution in [2.45, 2.75) is 12.5 Å². The molecule has 0 saturated heterocycles. The summed E-state index contributed by atoms with van der Waals surface area (Å²) in [6.45, 7) is 1.65. The van der Waals surface area contributed by atoms with Crippen molar-refractivity contribution in [1.82, 2.24) is 0 Å². The molecule has 0 fully saturated rings. The molecular weight excluding hydrogens is 307 g/mol. The number of fused-ring (bicyclic) bond motifs is 1. The van der Waals surface area contributed by atoms with E-state index in [0.29, 0.717) is 27.7 Å². The van der Waals surface area contributed by atoms with E-state index >= 15 is 0 Å². The van der Waals surface area contributed by atoms with E-state index in [1.165, 1.54) is 29.2 Å². The highest BCUT2D eigenvalue weighted by Gasteiger charge is 2.45. The van der Waals surface area contributed by atoms with Crippen LogP contribution in [0.4, 0.5) is 15.8 Å². The largest absolute Gasteiger partial charge is 0.471 e. The van der Waals surface area contributed by atoms with E-state index in [1.54, 1.807) is 26.1 Å². The SMILES string of the molecule is CN1C(=O)C(C)(c2ccc(F)cc2)Oc2cc(N)c(Cl)cc21. The van der Waals surface area contributed by atoms with Crippen molar-refractivity contribution in [3.05, 3.63) is 52.8 Å². The second kappa shape index (κ2) is 4.88. The predicted molar refractivity (Wildman–Crippen MR) is 83.7 cm³/mol. The zero-order valence-electron chi connectivity index (χ0n) is 12.1. The Kier molecular flexibility index (Phi) is 3.25. The number of rotatable bonds is 1. The summed E-state index contributed by atoms with van der Waals surface area (Å²) in [7, 11) is 1.64. The molecule has 4 nitrogen and oxygen atoms in total. The fraction of sp³-hybridized carbons (Fsp3) is 0.188. The lowest BCUT2D eigenvalue weighted by atomic mass is 9.92. The minimum Gasteiger partial charge on any atom is -0.471 e. The third-order valence-electron chi connectivity index (χ3n) is 3.86. The van der Waals surface area contributed by atoms with Crippen molar-refractivity contribution in [2.75, 3.05) is 17.7 Å². The summed E-state index contributed by atoms with van der Waals surface area (Å²) in [4.78, 5) is 14.2. The molecule has 1 amide bonds. The molecule has 0 spiro atoms. The molecular formula is C16H14ClFN2O2. The Labute approximate surface area is 132 Å². The number of halogens is 2. The van der Waals surface area contributed by atoms with Crippen molar-refractivity contribution in [3.63, 3.8) is 0 Å². The molecule has 0 aromatic heterocycles. The molecule has 2 N–H and O–H groups in total. The van der Waals surface area contributed by atoms with Gasteiger partial charge in [-0.3, -0.25) is 4.79 Å². The Bertz CT molecular complexity index is 763. The number of nitrogens with zero attached hydrogens (tertiary/aromatic N) is 1. The van der Waals surface area contributed by atoms with Gasteiger partial charge in [0.15, 0.2) is 0 Å². The number of likely N-dealkylation sites (N-methyl/N-ethyl adjacent to an activating group) is 1. The number of hydrogen-bond acceptors (Lipinski definition) is 3. The molecule has 0 radical (unpaired) electrons. The number of hydrogen-bond donors (Lipinski definition) is 1. The molecule has 0 aliphatic carbocycles. The number of ether oxygens (including phenoxy) is 1. The number of nitrogens with two attached hydrogens (primary N) is 1. The van der Waals surface area contributed by atoms with Gasteiger partial charge >= 0.3 is 0 Å². The van der Waals surface area contributed by atoms with Gasteiger partial charge in [0.1, 0.15) is 11.6 Å². The van der Waals surface area contributed by atoms with Crippen LogP contribution in [0.15, 0.2) is 36.4 Å². The normalized spacial score (nSPS) is 20.5. The smallest absolute Gasteiger partial charge is 0.275 e. The lowest BCUT2D eigenvalue weighted by Crippen LogP contribution is -2.50. The van der Waals surface area contributed by atoms with Crippen molar-refractivity contribution >= 4 is 28.9 Å². The summed E-state index contributed by atoms with van der Waals surface area (Å²) in [6, 6.07) is 8.83. The number of nitrogen functional groups attached to an aromatic ring is 1. The third-order valence-corrected chi connectivity index (χ3v) is 4.19. The summed E-state index contributed by atoms with van der Waals surface area (Å²) < 4.78 is 19.0. The van der Waals surface area contributed by atoms with Gasteiger partial charge in [-0.15, -0.1) is 0 Å². The van der Waals surface area contributed by atoms with Crippen LogP contribution in [-0.4, -0.2) is 13.0 Å². The molecule has 114 valence electrons. The molecule has 2 aromatic rings. The van der Waals surface area contributed by atoms with Crippen molar-refractivity contribution < 1.29 is 13.9 Å². The first kappa shape index (κ1) is 14.7. The summed E-state index contributed by atoms with van der Waals surface area (Å²) in [6.07, 6.45) is 0. The van der Waals surface area contributed by atoms with E-state index in [-0.39, 0.29) is 11.7 Å². The monoisotopic (exact) mass is 320 g/mol. The lowest BCUT2D eigenvalue weighted by molar-refractivity contribution is -0.134. The third kappa shape index (κ3) is 2.09. The standard InChI is InChI=1S/C16H14ClFN2O2/c1-16(9-3-5-10(18)6-4-9)15(21)20(2)13-7-11(17)12(19)8-14(13)22-16/h3-8H,19H2,1-2H3. The van der Waals surface area contributed by atoms with E-state index in [9.17, 15) is 9.18 Å². The van der Waals surface area contributed by atoms with Gasteiger partial charge < -0.3 is 15.4 Å². The molecule has 0 saturated carbocycles. The lowest BCUT2D eigenvalue weighted by Gasteiger charge is -2.39. The van der Waals surface area contributed by atoms with Crippen molar-refractivity contribution in [2.24, 2.45) is 0 Å². The number of anilines is 2. The summed E-state index contributed by atoms with van der Waals surface area (Å²) in [5.74, 6) is -0.191. The Morgan fingerprint density at radius 2 is 1.91 bits per heavy atom. The van der Waals surface area contributed by atoms with Gasteiger partial charge in [0.25, 0.3) is 5.91 Å². The molecule has 1 unspecified atom stereocenters. The van der Waals surface area contributed by atoms with E-state index in [1.807, 2.05) is 0 Å². The van der Waals surface area contributed by atoms with Gasteiger partial charge in [0.2, 0.25) is 5.60 Å². The number of carbonyl (C=O) groups is 1. The Hall–Kier alpha value is -2.27. The number of benzene rings is 2. The van der Waals surface area contributed by atoms with E-state index in [4.69, 9.17) is 22.1 Å². The van der Waals surface area contributed by atoms with Crippen LogP contribution in [0, 0.1) is 5.82 Å². The molecule has 1 atom stereocenters. The summed E-state index contributed by atoms with van der Waals surface area (Å²) in [5.41, 5.74) is 6.02. The van der Waals surface area contributed by atoms with Gasteiger partial charge in [-0.25, -0.2) is 4.39 Å². The molecule has 3 rings (SSSR count). The predicted octanol–water partition coefficient (Wildman–Crippen LogP) is 3.33. The highest BCUT2D eigenvalue weighted by molar-refractivity contribution is 6.33. The molecule has 1 aliphatic heterocycles. The molecule has 6 heteroatoms. The Morgan fingerprint density at radius 1 is 1.27 bits per heavy atom. The van der Waals surface area contributed by atoms with Crippen LogP contribution in [0.25, 0.3) is 0 Å².